The summed E-state index contributed by atoms with van der Waals surface area (Å²) < 4.78 is 7.71. The lowest BCUT2D eigenvalue weighted by Gasteiger charge is -2.41. The summed E-state index contributed by atoms with van der Waals surface area (Å²) in [6, 6.07) is 8.26. The molecule has 1 aliphatic rings. The van der Waals surface area contributed by atoms with E-state index in [1.807, 2.05) is 13.1 Å². The van der Waals surface area contributed by atoms with Crippen molar-refractivity contribution >= 4 is 41.0 Å². The van der Waals surface area contributed by atoms with Gasteiger partial charge in [0.05, 0.1) is 24.2 Å². The molecule has 7 nitrogen and oxygen atoms in total. The van der Waals surface area contributed by atoms with Gasteiger partial charge in [-0.3, -0.25) is 9.89 Å². The number of guanidine groups is 1. The van der Waals surface area contributed by atoms with Crippen molar-refractivity contribution in [1.82, 2.24) is 25.1 Å². The van der Waals surface area contributed by atoms with Crippen molar-refractivity contribution in [3.63, 3.8) is 0 Å². The van der Waals surface area contributed by atoms with Crippen LogP contribution in [-0.2, 0) is 11.3 Å². The van der Waals surface area contributed by atoms with Gasteiger partial charge in [0.15, 0.2) is 5.96 Å². The Morgan fingerprint density at radius 1 is 1.21 bits per heavy atom. The van der Waals surface area contributed by atoms with Gasteiger partial charge in [0, 0.05) is 45.3 Å². The van der Waals surface area contributed by atoms with E-state index in [1.54, 1.807) is 0 Å². The van der Waals surface area contributed by atoms with Crippen LogP contribution in [0, 0.1) is 6.92 Å². The third-order valence-corrected chi connectivity index (χ3v) is 5.25. The number of nitrogens with zero attached hydrogens (tertiary/aromatic N) is 4. The maximum atomic E-state index is 5.46. The number of hydrogen-bond donors (Lipinski definition) is 2. The Morgan fingerprint density at radius 2 is 1.93 bits per heavy atom. The van der Waals surface area contributed by atoms with Crippen LogP contribution in [0.2, 0.25) is 0 Å². The van der Waals surface area contributed by atoms with Crippen LogP contribution < -0.4 is 10.6 Å². The average Bonchev–Trinajstić information content (AvgIpc) is 3.00. The predicted octanol–water partition coefficient (Wildman–Crippen LogP) is 2.24. The molecule has 3 rings (SSSR count). The molecule has 0 spiro atoms. The van der Waals surface area contributed by atoms with Gasteiger partial charge in [-0.1, -0.05) is 12.1 Å². The molecule has 1 aliphatic heterocycles. The fourth-order valence-electron chi connectivity index (χ4n) is 3.57. The topological polar surface area (TPSA) is 66.7 Å². The highest BCUT2D eigenvalue weighted by atomic mass is 127. The molecule has 0 bridgehead atoms. The van der Waals surface area contributed by atoms with E-state index in [4.69, 9.17) is 4.74 Å². The quantitative estimate of drug-likeness (QED) is 0.362. The molecule has 156 valence electrons. The summed E-state index contributed by atoms with van der Waals surface area (Å²) in [6.45, 7) is 12.6. The summed E-state index contributed by atoms with van der Waals surface area (Å²) in [5, 5.41) is 6.89. The van der Waals surface area contributed by atoms with Gasteiger partial charge in [0.2, 0.25) is 0 Å². The van der Waals surface area contributed by atoms with Crippen molar-refractivity contribution < 1.29 is 4.74 Å². The zero-order valence-corrected chi connectivity index (χ0v) is 19.7. The number of hydrogen-bond acceptors (Lipinski definition) is 4. The molecular weight excluding hydrogens is 467 g/mol. The Kier molecular flexibility index (Phi) is 8.51. The number of morpholine rings is 1. The van der Waals surface area contributed by atoms with E-state index < -0.39 is 0 Å². The largest absolute Gasteiger partial charge is 0.379 e. The second kappa shape index (κ2) is 10.4. The highest BCUT2D eigenvalue weighted by Gasteiger charge is 2.28. The number of rotatable bonds is 6. The number of ether oxygens (including phenoxy) is 1. The summed E-state index contributed by atoms with van der Waals surface area (Å²) in [5.41, 5.74) is 2.27. The smallest absolute Gasteiger partial charge is 0.191 e. The molecule has 0 saturated carbocycles. The van der Waals surface area contributed by atoms with Crippen molar-refractivity contribution in [3.8, 4) is 0 Å². The van der Waals surface area contributed by atoms with Crippen molar-refractivity contribution in [2.75, 3.05) is 46.4 Å². The van der Waals surface area contributed by atoms with E-state index in [0.717, 1.165) is 63.2 Å². The first-order valence-corrected chi connectivity index (χ1v) is 9.70. The molecular formula is C20H33IN6O. The highest BCUT2D eigenvalue weighted by Crippen LogP contribution is 2.16. The Bertz CT molecular complexity index is 782. The average molecular weight is 500 g/mol. The fourth-order valence-corrected chi connectivity index (χ4v) is 3.57. The second-order valence-corrected chi connectivity index (χ2v) is 7.56. The third-order valence-electron chi connectivity index (χ3n) is 5.25. The summed E-state index contributed by atoms with van der Waals surface area (Å²) in [6.07, 6.45) is 0. The SMILES string of the molecule is CN=C(NCCn1c(C)nc2ccccc21)NCC(C)(C)N1CCOCC1.I. The number of aliphatic imine (C=N–C) groups is 1. The Hall–Kier alpha value is -1.39. The molecule has 1 fully saturated rings. The molecule has 0 amide bonds. The van der Waals surface area contributed by atoms with Gasteiger partial charge in [0.25, 0.3) is 0 Å². The Labute approximate surface area is 185 Å². The maximum absolute atomic E-state index is 5.46. The maximum Gasteiger partial charge on any atom is 0.191 e. The van der Waals surface area contributed by atoms with E-state index in [2.05, 4.69) is 69.0 Å². The van der Waals surface area contributed by atoms with Crippen molar-refractivity contribution in [3.05, 3.63) is 30.1 Å². The van der Waals surface area contributed by atoms with Gasteiger partial charge in [0.1, 0.15) is 5.82 Å². The minimum atomic E-state index is 0. The molecule has 0 aliphatic carbocycles. The van der Waals surface area contributed by atoms with Crippen molar-refractivity contribution in [2.24, 2.45) is 4.99 Å². The summed E-state index contributed by atoms with van der Waals surface area (Å²) in [5.74, 6) is 1.87. The summed E-state index contributed by atoms with van der Waals surface area (Å²) in [7, 11) is 1.81. The number of halogens is 1. The number of para-hydroxylation sites is 2. The Balaban J connectivity index is 0.00000280. The van der Waals surface area contributed by atoms with Crippen LogP contribution in [0.4, 0.5) is 0 Å². The van der Waals surface area contributed by atoms with E-state index in [9.17, 15) is 0 Å². The van der Waals surface area contributed by atoms with Crippen LogP contribution in [0.25, 0.3) is 11.0 Å². The zero-order valence-electron chi connectivity index (χ0n) is 17.4. The van der Waals surface area contributed by atoms with E-state index in [-0.39, 0.29) is 29.5 Å². The number of nitrogens with one attached hydrogen (secondary N) is 2. The van der Waals surface area contributed by atoms with E-state index >= 15 is 0 Å². The van der Waals surface area contributed by atoms with Crippen molar-refractivity contribution in [1.29, 1.82) is 0 Å². The second-order valence-electron chi connectivity index (χ2n) is 7.56. The van der Waals surface area contributed by atoms with Gasteiger partial charge in [-0.05, 0) is 32.9 Å². The van der Waals surface area contributed by atoms with E-state index in [0.29, 0.717) is 0 Å². The monoisotopic (exact) mass is 500 g/mol. The fraction of sp³-hybridized carbons (Fsp3) is 0.600. The summed E-state index contributed by atoms with van der Waals surface area (Å²) >= 11 is 0. The normalized spacial score (nSPS) is 16.1. The number of imidazole rings is 1. The molecule has 0 atom stereocenters. The molecule has 2 N–H and O–H groups in total. The van der Waals surface area contributed by atoms with Crippen LogP contribution in [0.1, 0.15) is 19.7 Å². The molecule has 1 aromatic carbocycles. The van der Waals surface area contributed by atoms with Gasteiger partial charge in [-0.2, -0.15) is 0 Å². The first-order valence-electron chi connectivity index (χ1n) is 9.70. The Morgan fingerprint density at radius 3 is 2.64 bits per heavy atom. The van der Waals surface area contributed by atoms with Gasteiger partial charge in [-0.15, -0.1) is 24.0 Å². The first kappa shape index (κ1) is 22.9. The lowest BCUT2D eigenvalue weighted by Crippen LogP contribution is -2.56. The van der Waals surface area contributed by atoms with Crippen LogP contribution in [0.3, 0.4) is 0 Å². The molecule has 2 aromatic rings. The van der Waals surface area contributed by atoms with E-state index in [1.165, 1.54) is 5.52 Å². The van der Waals surface area contributed by atoms with Crippen molar-refractivity contribution in [2.45, 2.75) is 32.9 Å². The lowest BCUT2D eigenvalue weighted by atomic mass is 10.0. The molecule has 1 saturated heterocycles. The molecule has 0 unspecified atom stereocenters. The molecule has 1 aromatic heterocycles. The minimum absolute atomic E-state index is 0. The van der Waals surface area contributed by atoms with Crippen LogP contribution >= 0.6 is 24.0 Å². The zero-order chi connectivity index (χ0) is 19.3. The van der Waals surface area contributed by atoms with Crippen LogP contribution in [0.15, 0.2) is 29.3 Å². The lowest BCUT2D eigenvalue weighted by molar-refractivity contribution is -0.00833. The van der Waals surface area contributed by atoms with Crippen LogP contribution in [-0.4, -0.2) is 72.4 Å². The van der Waals surface area contributed by atoms with Gasteiger partial charge in [-0.25, -0.2) is 4.98 Å². The highest BCUT2D eigenvalue weighted by molar-refractivity contribution is 14.0. The predicted molar refractivity (Wildman–Crippen MR) is 126 cm³/mol. The van der Waals surface area contributed by atoms with Crippen LogP contribution in [0.5, 0.6) is 0 Å². The number of aryl methyl sites for hydroxylation is 1. The van der Waals surface area contributed by atoms with Gasteiger partial charge < -0.3 is 19.9 Å². The standard InChI is InChI=1S/C20H32N6O.HI/c1-16-24-17-7-5-6-8-18(17)26(16)10-9-22-19(21-4)23-15-20(2,3)25-11-13-27-14-12-25;/h5-8H,9-15H2,1-4H3,(H2,21,22,23);1H. The molecule has 8 heteroatoms. The first-order chi connectivity index (χ1) is 13.0. The van der Waals surface area contributed by atoms with Gasteiger partial charge >= 0.3 is 0 Å². The number of aromatic nitrogens is 2. The number of benzene rings is 1. The molecule has 0 radical (unpaired) electrons. The molecule has 2 heterocycles. The molecule has 28 heavy (non-hydrogen) atoms. The minimum Gasteiger partial charge on any atom is -0.379 e. The third kappa shape index (κ3) is 5.57. The number of fused-ring (bicyclic) bond motifs is 1. The summed E-state index contributed by atoms with van der Waals surface area (Å²) in [4.78, 5) is 11.5.